The third kappa shape index (κ3) is 2.90. The zero-order valence-corrected chi connectivity index (χ0v) is 14.2. The summed E-state index contributed by atoms with van der Waals surface area (Å²) >= 11 is 4.24. The van der Waals surface area contributed by atoms with E-state index in [0.717, 1.165) is 18.5 Å². The summed E-state index contributed by atoms with van der Waals surface area (Å²) in [4.78, 5) is 1.47. The van der Waals surface area contributed by atoms with Crippen molar-refractivity contribution >= 4 is 39.6 Å². The number of rotatable bonds is 2. The van der Waals surface area contributed by atoms with Gasteiger partial charge in [0.25, 0.3) is 0 Å². The summed E-state index contributed by atoms with van der Waals surface area (Å²) in [5.74, 6) is 0. The molecule has 0 spiro atoms. The molecular weight excluding hydrogens is 393 g/mol. The fourth-order valence-corrected chi connectivity index (χ4v) is 4.82. The van der Waals surface area contributed by atoms with E-state index in [-0.39, 0.29) is 0 Å². The standard InChI is InChI=1S/C16H12IN3S/c17-16-7-13-14(2-1-3-15(13)21-16)20-12-5-4-10(8-18)11(6-12)9-19/h4-7,14,20H,1-3H2. The maximum absolute atomic E-state index is 9.11. The fraction of sp³-hybridized carbons (Fsp3) is 0.250. The maximum Gasteiger partial charge on any atom is 0.101 e. The third-order valence-electron chi connectivity index (χ3n) is 3.69. The highest BCUT2D eigenvalue weighted by Crippen LogP contribution is 2.38. The SMILES string of the molecule is N#Cc1ccc(NC2CCCc3sc(I)cc32)cc1C#N. The van der Waals surface area contributed by atoms with Gasteiger partial charge in [-0.2, -0.15) is 10.5 Å². The molecule has 0 radical (unpaired) electrons. The predicted molar refractivity (Wildman–Crippen MR) is 92.2 cm³/mol. The van der Waals surface area contributed by atoms with E-state index in [4.69, 9.17) is 10.5 Å². The molecule has 1 unspecified atom stereocenters. The summed E-state index contributed by atoms with van der Waals surface area (Å²) < 4.78 is 1.32. The minimum atomic E-state index is 0.299. The lowest BCUT2D eigenvalue weighted by molar-refractivity contribution is 0.609. The van der Waals surface area contributed by atoms with Crippen molar-refractivity contribution in [2.24, 2.45) is 0 Å². The number of aryl methyl sites for hydroxylation is 1. The average Bonchev–Trinajstić information content (AvgIpc) is 2.88. The van der Waals surface area contributed by atoms with E-state index in [1.807, 2.05) is 23.5 Å². The summed E-state index contributed by atoms with van der Waals surface area (Å²) in [6, 6.07) is 12.0. The number of hydrogen-bond donors (Lipinski definition) is 1. The molecule has 1 heterocycles. The van der Waals surface area contributed by atoms with Crippen LogP contribution in [0.2, 0.25) is 0 Å². The van der Waals surface area contributed by atoms with Crippen molar-refractivity contribution in [1.29, 1.82) is 10.5 Å². The molecule has 0 amide bonds. The lowest BCUT2D eigenvalue weighted by Crippen LogP contribution is -2.15. The molecule has 3 rings (SSSR count). The lowest BCUT2D eigenvalue weighted by Gasteiger charge is -2.24. The number of nitrogens with one attached hydrogen (secondary N) is 1. The third-order valence-corrected chi connectivity index (χ3v) is 5.66. The van der Waals surface area contributed by atoms with Crippen LogP contribution in [-0.4, -0.2) is 0 Å². The highest BCUT2D eigenvalue weighted by Gasteiger charge is 2.22. The van der Waals surface area contributed by atoms with Crippen LogP contribution in [0.15, 0.2) is 24.3 Å². The normalized spacial score (nSPS) is 16.6. The Balaban J connectivity index is 1.88. The van der Waals surface area contributed by atoms with Gasteiger partial charge in [0.1, 0.15) is 12.1 Å². The van der Waals surface area contributed by atoms with E-state index < -0.39 is 0 Å². The molecule has 0 fully saturated rings. The Labute approximate surface area is 141 Å². The monoisotopic (exact) mass is 405 g/mol. The number of halogens is 1. The first-order valence-electron chi connectivity index (χ1n) is 6.70. The van der Waals surface area contributed by atoms with Crippen molar-refractivity contribution in [2.75, 3.05) is 5.32 Å². The van der Waals surface area contributed by atoms with Gasteiger partial charge in [-0.15, -0.1) is 11.3 Å². The Morgan fingerprint density at radius 3 is 2.76 bits per heavy atom. The Hall–Kier alpha value is -1.57. The van der Waals surface area contributed by atoms with Crippen molar-refractivity contribution in [3.8, 4) is 12.1 Å². The molecule has 1 aromatic carbocycles. The molecule has 1 aromatic heterocycles. The van der Waals surface area contributed by atoms with Crippen LogP contribution in [0.3, 0.4) is 0 Å². The molecule has 1 atom stereocenters. The number of nitrogens with zero attached hydrogens (tertiary/aromatic N) is 2. The van der Waals surface area contributed by atoms with Gasteiger partial charge in [0.05, 0.1) is 20.1 Å². The predicted octanol–water partition coefficient (Wildman–Crippen LogP) is 4.59. The van der Waals surface area contributed by atoms with Crippen molar-refractivity contribution in [2.45, 2.75) is 25.3 Å². The molecule has 1 aliphatic rings. The maximum atomic E-state index is 9.11. The van der Waals surface area contributed by atoms with Gasteiger partial charge in [-0.25, -0.2) is 0 Å². The van der Waals surface area contributed by atoms with Crippen molar-refractivity contribution in [3.05, 3.63) is 48.7 Å². The Bertz CT molecular complexity index is 767. The molecule has 104 valence electrons. The van der Waals surface area contributed by atoms with E-state index in [0.29, 0.717) is 17.2 Å². The Morgan fingerprint density at radius 1 is 1.19 bits per heavy atom. The minimum absolute atomic E-state index is 0.299. The van der Waals surface area contributed by atoms with Crippen molar-refractivity contribution < 1.29 is 0 Å². The average molecular weight is 405 g/mol. The van der Waals surface area contributed by atoms with Crippen LogP contribution in [0.5, 0.6) is 0 Å². The van der Waals surface area contributed by atoms with E-state index in [1.54, 1.807) is 12.1 Å². The minimum Gasteiger partial charge on any atom is -0.378 e. The van der Waals surface area contributed by atoms with Crippen LogP contribution in [0.25, 0.3) is 0 Å². The number of thiophene rings is 1. The number of hydrogen-bond acceptors (Lipinski definition) is 4. The number of benzene rings is 1. The van der Waals surface area contributed by atoms with Gasteiger partial charge in [-0.3, -0.25) is 0 Å². The van der Waals surface area contributed by atoms with Crippen LogP contribution < -0.4 is 5.32 Å². The van der Waals surface area contributed by atoms with E-state index in [1.165, 1.54) is 19.7 Å². The number of nitriles is 2. The molecular formula is C16H12IN3S. The van der Waals surface area contributed by atoms with Crippen LogP contribution in [0.1, 0.15) is 40.5 Å². The van der Waals surface area contributed by atoms with Crippen LogP contribution in [0.4, 0.5) is 5.69 Å². The van der Waals surface area contributed by atoms with Gasteiger partial charge in [0.2, 0.25) is 0 Å². The molecule has 1 N–H and O–H groups in total. The van der Waals surface area contributed by atoms with Gasteiger partial charge < -0.3 is 5.32 Å². The molecule has 0 bridgehead atoms. The fourth-order valence-electron chi connectivity index (χ4n) is 2.70. The first kappa shape index (κ1) is 14.4. The van der Waals surface area contributed by atoms with Gasteiger partial charge in [-0.05, 0) is 71.7 Å². The van der Waals surface area contributed by atoms with Gasteiger partial charge >= 0.3 is 0 Å². The van der Waals surface area contributed by atoms with Crippen LogP contribution >= 0.6 is 33.9 Å². The first-order valence-corrected chi connectivity index (χ1v) is 8.59. The summed E-state index contributed by atoms with van der Waals surface area (Å²) in [5, 5.41) is 21.6. The second kappa shape index (κ2) is 6.05. The van der Waals surface area contributed by atoms with Crippen molar-refractivity contribution in [1.82, 2.24) is 0 Å². The van der Waals surface area contributed by atoms with Gasteiger partial charge in [0, 0.05) is 10.6 Å². The molecule has 0 aliphatic heterocycles. The van der Waals surface area contributed by atoms with Crippen LogP contribution in [-0.2, 0) is 6.42 Å². The zero-order valence-electron chi connectivity index (χ0n) is 11.2. The second-order valence-electron chi connectivity index (χ2n) is 5.00. The smallest absolute Gasteiger partial charge is 0.101 e. The van der Waals surface area contributed by atoms with E-state index in [9.17, 15) is 0 Å². The largest absolute Gasteiger partial charge is 0.378 e. The molecule has 1 aliphatic carbocycles. The molecule has 0 saturated heterocycles. The van der Waals surface area contributed by atoms with Gasteiger partial charge in [0.15, 0.2) is 0 Å². The molecule has 5 heteroatoms. The van der Waals surface area contributed by atoms with Gasteiger partial charge in [-0.1, -0.05) is 0 Å². The molecule has 21 heavy (non-hydrogen) atoms. The quantitative estimate of drug-likeness (QED) is 0.744. The summed E-state index contributed by atoms with van der Waals surface area (Å²) in [6.45, 7) is 0. The summed E-state index contributed by atoms with van der Waals surface area (Å²) in [6.07, 6.45) is 3.45. The topological polar surface area (TPSA) is 59.6 Å². The summed E-state index contributed by atoms with van der Waals surface area (Å²) in [5.41, 5.74) is 3.15. The number of anilines is 1. The summed E-state index contributed by atoms with van der Waals surface area (Å²) in [7, 11) is 0. The zero-order chi connectivity index (χ0) is 14.8. The highest BCUT2D eigenvalue weighted by molar-refractivity contribution is 14.1. The highest BCUT2D eigenvalue weighted by atomic mass is 127. The number of fused-ring (bicyclic) bond motifs is 1. The Kier molecular flexibility index (Phi) is 4.14. The lowest BCUT2D eigenvalue weighted by atomic mass is 9.93. The second-order valence-corrected chi connectivity index (χ2v) is 8.03. The molecule has 2 aromatic rings. The van der Waals surface area contributed by atoms with E-state index >= 15 is 0 Å². The first-order chi connectivity index (χ1) is 10.2. The molecule has 0 saturated carbocycles. The Morgan fingerprint density at radius 2 is 2.00 bits per heavy atom. The molecule has 3 nitrogen and oxygen atoms in total. The van der Waals surface area contributed by atoms with Crippen molar-refractivity contribution in [3.63, 3.8) is 0 Å². The van der Waals surface area contributed by atoms with E-state index in [2.05, 4.69) is 40.0 Å². The van der Waals surface area contributed by atoms with Crippen LogP contribution in [0, 0.1) is 25.5 Å².